The van der Waals surface area contributed by atoms with Crippen LogP contribution in [0.3, 0.4) is 0 Å². The predicted octanol–water partition coefficient (Wildman–Crippen LogP) is 2.04. The Morgan fingerprint density at radius 1 is 1.50 bits per heavy atom. The fraction of sp³-hybridized carbons (Fsp3) is 0.462. The first-order valence-corrected chi connectivity index (χ1v) is 5.84. The van der Waals surface area contributed by atoms with E-state index in [1.807, 2.05) is 0 Å². The fourth-order valence-corrected chi connectivity index (χ4v) is 2.07. The maximum atomic E-state index is 11.8. The largest absolute Gasteiger partial charge is 0.399 e. The molecule has 1 saturated carbocycles. The Hall–Kier alpha value is -1.51. The Balaban J connectivity index is 1.84. The normalized spacial score (nSPS) is 22.8. The SMILES string of the molecule is CCC1CC1CNC(=O)c1cccc(N)c1. The Morgan fingerprint density at radius 2 is 2.31 bits per heavy atom. The van der Waals surface area contributed by atoms with E-state index < -0.39 is 0 Å². The van der Waals surface area contributed by atoms with Gasteiger partial charge in [0.2, 0.25) is 0 Å². The molecule has 2 atom stereocenters. The zero-order valence-electron chi connectivity index (χ0n) is 9.57. The molecule has 86 valence electrons. The second kappa shape index (κ2) is 4.56. The second-order valence-electron chi connectivity index (χ2n) is 4.50. The highest BCUT2D eigenvalue weighted by Gasteiger charge is 2.34. The van der Waals surface area contributed by atoms with Crippen molar-refractivity contribution in [2.45, 2.75) is 19.8 Å². The number of nitrogens with two attached hydrogens (primary N) is 1. The Kier molecular flexibility index (Phi) is 3.13. The summed E-state index contributed by atoms with van der Waals surface area (Å²) >= 11 is 0. The standard InChI is InChI=1S/C13H18N2O/c1-2-9-6-11(9)8-15-13(16)10-4-3-5-12(14)7-10/h3-5,7,9,11H,2,6,8,14H2,1H3,(H,15,16). The van der Waals surface area contributed by atoms with Gasteiger partial charge in [-0.15, -0.1) is 0 Å². The molecular formula is C13H18N2O. The van der Waals surface area contributed by atoms with Crippen molar-refractivity contribution in [1.82, 2.24) is 5.32 Å². The molecule has 1 aromatic carbocycles. The molecule has 0 heterocycles. The molecule has 3 heteroatoms. The Morgan fingerprint density at radius 3 is 2.94 bits per heavy atom. The maximum Gasteiger partial charge on any atom is 0.251 e. The molecule has 1 aliphatic rings. The molecule has 0 bridgehead atoms. The van der Waals surface area contributed by atoms with Crippen LogP contribution in [0.1, 0.15) is 30.1 Å². The van der Waals surface area contributed by atoms with Gasteiger partial charge < -0.3 is 11.1 Å². The average molecular weight is 218 g/mol. The van der Waals surface area contributed by atoms with Crippen molar-refractivity contribution in [3.8, 4) is 0 Å². The number of amides is 1. The number of hydrogen-bond acceptors (Lipinski definition) is 2. The summed E-state index contributed by atoms with van der Waals surface area (Å²) < 4.78 is 0. The number of anilines is 1. The number of carbonyl (C=O) groups is 1. The Labute approximate surface area is 96.0 Å². The highest BCUT2D eigenvalue weighted by Crippen LogP contribution is 2.40. The van der Waals surface area contributed by atoms with Gasteiger partial charge in [0, 0.05) is 17.8 Å². The van der Waals surface area contributed by atoms with Crippen molar-refractivity contribution in [2.24, 2.45) is 11.8 Å². The third-order valence-electron chi connectivity index (χ3n) is 3.27. The van der Waals surface area contributed by atoms with Crippen molar-refractivity contribution < 1.29 is 4.79 Å². The van der Waals surface area contributed by atoms with E-state index in [-0.39, 0.29) is 5.91 Å². The van der Waals surface area contributed by atoms with E-state index in [4.69, 9.17) is 5.73 Å². The van der Waals surface area contributed by atoms with Crippen LogP contribution in [0.25, 0.3) is 0 Å². The molecule has 1 aliphatic carbocycles. The monoisotopic (exact) mass is 218 g/mol. The van der Waals surface area contributed by atoms with Gasteiger partial charge in [0.15, 0.2) is 0 Å². The van der Waals surface area contributed by atoms with Crippen molar-refractivity contribution in [3.63, 3.8) is 0 Å². The van der Waals surface area contributed by atoms with Crippen LogP contribution in [0, 0.1) is 11.8 Å². The van der Waals surface area contributed by atoms with E-state index in [1.165, 1.54) is 12.8 Å². The summed E-state index contributed by atoms with van der Waals surface area (Å²) in [4.78, 5) is 11.8. The third-order valence-corrected chi connectivity index (χ3v) is 3.27. The van der Waals surface area contributed by atoms with E-state index >= 15 is 0 Å². The molecule has 0 radical (unpaired) electrons. The summed E-state index contributed by atoms with van der Waals surface area (Å²) in [6.07, 6.45) is 2.48. The highest BCUT2D eigenvalue weighted by atomic mass is 16.1. The van der Waals surface area contributed by atoms with Crippen molar-refractivity contribution in [1.29, 1.82) is 0 Å². The van der Waals surface area contributed by atoms with Crippen molar-refractivity contribution in [2.75, 3.05) is 12.3 Å². The molecule has 16 heavy (non-hydrogen) atoms. The number of hydrogen-bond donors (Lipinski definition) is 2. The van der Waals surface area contributed by atoms with Gasteiger partial charge in [0.05, 0.1) is 0 Å². The molecule has 0 aromatic heterocycles. The minimum Gasteiger partial charge on any atom is -0.399 e. The van der Waals surface area contributed by atoms with Crippen LogP contribution >= 0.6 is 0 Å². The van der Waals surface area contributed by atoms with Gasteiger partial charge in [0.25, 0.3) is 5.91 Å². The molecule has 1 aromatic rings. The van der Waals surface area contributed by atoms with Gasteiger partial charge in [-0.1, -0.05) is 19.4 Å². The summed E-state index contributed by atoms with van der Waals surface area (Å²) in [5, 5.41) is 2.96. The zero-order valence-corrected chi connectivity index (χ0v) is 9.57. The van der Waals surface area contributed by atoms with E-state index in [0.29, 0.717) is 17.2 Å². The number of rotatable bonds is 4. The van der Waals surface area contributed by atoms with Gasteiger partial charge in [0.1, 0.15) is 0 Å². The summed E-state index contributed by atoms with van der Waals surface area (Å²) in [6.45, 7) is 3.00. The number of nitrogen functional groups attached to an aromatic ring is 1. The molecule has 3 nitrogen and oxygen atoms in total. The molecule has 0 aliphatic heterocycles. The lowest BCUT2D eigenvalue weighted by Gasteiger charge is -2.05. The quantitative estimate of drug-likeness (QED) is 0.760. The van der Waals surface area contributed by atoms with Crippen molar-refractivity contribution in [3.05, 3.63) is 29.8 Å². The van der Waals surface area contributed by atoms with Gasteiger partial charge in [-0.05, 0) is 36.5 Å². The molecule has 0 spiro atoms. The zero-order chi connectivity index (χ0) is 11.5. The smallest absolute Gasteiger partial charge is 0.251 e. The van der Waals surface area contributed by atoms with Crippen LogP contribution in [0.5, 0.6) is 0 Å². The molecule has 1 fully saturated rings. The molecule has 3 N–H and O–H groups in total. The maximum absolute atomic E-state index is 11.8. The minimum atomic E-state index is -0.0194. The van der Waals surface area contributed by atoms with E-state index in [1.54, 1.807) is 24.3 Å². The van der Waals surface area contributed by atoms with Crippen LogP contribution in [0.15, 0.2) is 24.3 Å². The van der Waals surface area contributed by atoms with Crippen LogP contribution < -0.4 is 11.1 Å². The Bertz CT molecular complexity index is 389. The van der Waals surface area contributed by atoms with Crippen LogP contribution in [-0.2, 0) is 0 Å². The average Bonchev–Trinajstić information content (AvgIpc) is 3.04. The second-order valence-corrected chi connectivity index (χ2v) is 4.50. The summed E-state index contributed by atoms with van der Waals surface area (Å²) in [5.41, 5.74) is 6.91. The summed E-state index contributed by atoms with van der Waals surface area (Å²) in [6, 6.07) is 7.08. The molecule has 1 amide bonds. The lowest BCUT2D eigenvalue weighted by Crippen LogP contribution is -2.26. The molecule has 2 unspecified atom stereocenters. The topological polar surface area (TPSA) is 55.1 Å². The van der Waals surface area contributed by atoms with Gasteiger partial charge >= 0.3 is 0 Å². The van der Waals surface area contributed by atoms with Crippen LogP contribution in [0.2, 0.25) is 0 Å². The van der Waals surface area contributed by atoms with E-state index in [9.17, 15) is 4.79 Å². The van der Waals surface area contributed by atoms with Crippen LogP contribution in [-0.4, -0.2) is 12.5 Å². The number of carbonyl (C=O) groups excluding carboxylic acids is 1. The third kappa shape index (κ3) is 2.54. The first-order chi connectivity index (χ1) is 7.70. The van der Waals surface area contributed by atoms with Crippen molar-refractivity contribution >= 4 is 11.6 Å². The lowest BCUT2D eigenvalue weighted by atomic mass is 10.2. The van der Waals surface area contributed by atoms with Gasteiger partial charge in [-0.3, -0.25) is 4.79 Å². The first kappa shape index (κ1) is 11.0. The lowest BCUT2D eigenvalue weighted by molar-refractivity contribution is 0.0951. The number of nitrogens with one attached hydrogen (secondary N) is 1. The number of benzene rings is 1. The predicted molar refractivity (Wildman–Crippen MR) is 65.1 cm³/mol. The molecule has 0 saturated heterocycles. The fourth-order valence-electron chi connectivity index (χ4n) is 2.07. The van der Waals surface area contributed by atoms with E-state index in [2.05, 4.69) is 12.2 Å². The molecule has 2 rings (SSSR count). The van der Waals surface area contributed by atoms with Crippen LogP contribution in [0.4, 0.5) is 5.69 Å². The molecular weight excluding hydrogens is 200 g/mol. The van der Waals surface area contributed by atoms with Gasteiger partial charge in [-0.25, -0.2) is 0 Å². The first-order valence-electron chi connectivity index (χ1n) is 5.84. The summed E-state index contributed by atoms with van der Waals surface area (Å²) in [7, 11) is 0. The highest BCUT2D eigenvalue weighted by molar-refractivity contribution is 5.94. The van der Waals surface area contributed by atoms with E-state index in [0.717, 1.165) is 12.5 Å². The summed E-state index contributed by atoms with van der Waals surface area (Å²) in [5.74, 6) is 1.49. The van der Waals surface area contributed by atoms with Gasteiger partial charge in [-0.2, -0.15) is 0 Å². The minimum absolute atomic E-state index is 0.0194.